The fourth-order valence-electron chi connectivity index (χ4n) is 4.35. The summed E-state index contributed by atoms with van der Waals surface area (Å²) in [6.07, 6.45) is 4.27. The zero-order valence-corrected chi connectivity index (χ0v) is 16.3. The molecule has 0 unspecified atom stereocenters. The molecule has 1 saturated carbocycles. The summed E-state index contributed by atoms with van der Waals surface area (Å²) >= 11 is 0. The molecular weight excluding hydrogens is 356 g/mol. The summed E-state index contributed by atoms with van der Waals surface area (Å²) in [6, 6.07) is 7.32. The topological polar surface area (TPSA) is 75.5 Å². The average molecular weight is 382 g/mol. The van der Waals surface area contributed by atoms with E-state index in [0.717, 1.165) is 36.8 Å². The standard InChI is InChI=1S/C21H26N4O3/c1-15-17-8-4-5-9-18(17)21(28)25(22-15)14-19(26)23-10-12-24(13-11-23)20(27)16-6-2-3-7-16/h4-5,8-9,16H,2-3,6-7,10-14H2,1H3. The van der Waals surface area contributed by atoms with Crippen molar-refractivity contribution in [1.29, 1.82) is 0 Å². The molecule has 0 radical (unpaired) electrons. The summed E-state index contributed by atoms with van der Waals surface area (Å²) in [5, 5.41) is 5.72. The molecular formula is C21H26N4O3. The molecule has 2 heterocycles. The summed E-state index contributed by atoms with van der Waals surface area (Å²) in [7, 11) is 0. The van der Waals surface area contributed by atoms with Crippen molar-refractivity contribution in [1.82, 2.24) is 19.6 Å². The third-order valence-corrected chi connectivity index (χ3v) is 5.99. The van der Waals surface area contributed by atoms with Crippen molar-refractivity contribution in [3.8, 4) is 0 Å². The van der Waals surface area contributed by atoms with E-state index in [1.54, 1.807) is 11.0 Å². The van der Waals surface area contributed by atoms with Gasteiger partial charge < -0.3 is 9.80 Å². The first-order valence-corrected chi connectivity index (χ1v) is 10.1. The number of piperazine rings is 1. The average Bonchev–Trinajstić information content (AvgIpc) is 3.26. The van der Waals surface area contributed by atoms with Crippen LogP contribution in [0.15, 0.2) is 29.1 Å². The molecule has 1 aliphatic heterocycles. The molecule has 148 valence electrons. The van der Waals surface area contributed by atoms with Gasteiger partial charge in [-0.2, -0.15) is 5.10 Å². The predicted octanol–water partition coefficient (Wildman–Crippen LogP) is 1.57. The van der Waals surface area contributed by atoms with Gasteiger partial charge in [-0.25, -0.2) is 4.68 Å². The van der Waals surface area contributed by atoms with Gasteiger partial charge in [0.25, 0.3) is 5.56 Å². The van der Waals surface area contributed by atoms with Gasteiger partial charge >= 0.3 is 0 Å². The Labute approximate surface area is 163 Å². The highest BCUT2D eigenvalue weighted by Crippen LogP contribution is 2.27. The van der Waals surface area contributed by atoms with Gasteiger partial charge in [-0.3, -0.25) is 14.4 Å². The van der Waals surface area contributed by atoms with E-state index in [9.17, 15) is 14.4 Å². The van der Waals surface area contributed by atoms with Crippen LogP contribution in [-0.4, -0.2) is 57.6 Å². The largest absolute Gasteiger partial charge is 0.339 e. The molecule has 2 aromatic rings. The third kappa shape index (κ3) is 3.53. The Balaban J connectivity index is 1.41. The SMILES string of the molecule is Cc1nn(CC(=O)N2CCN(C(=O)C3CCCC3)CC2)c(=O)c2ccccc12. The van der Waals surface area contributed by atoms with Crippen LogP contribution in [0.2, 0.25) is 0 Å². The normalized spacial score (nSPS) is 18.0. The number of carbonyl (C=O) groups excluding carboxylic acids is 2. The molecule has 28 heavy (non-hydrogen) atoms. The number of fused-ring (bicyclic) bond motifs is 1. The molecule has 1 aliphatic carbocycles. The fraction of sp³-hybridized carbons (Fsp3) is 0.524. The van der Waals surface area contributed by atoms with Crippen LogP contribution in [-0.2, 0) is 16.1 Å². The maximum absolute atomic E-state index is 12.7. The number of hydrogen-bond acceptors (Lipinski definition) is 4. The van der Waals surface area contributed by atoms with Crippen molar-refractivity contribution >= 4 is 22.6 Å². The number of aromatic nitrogens is 2. The highest BCUT2D eigenvalue weighted by molar-refractivity contribution is 5.84. The van der Waals surface area contributed by atoms with Gasteiger partial charge in [0.15, 0.2) is 0 Å². The molecule has 4 rings (SSSR count). The van der Waals surface area contributed by atoms with Crippen LogP contribution in [0, 0.1) is 12.8 Å². The van der Waals surface area contributed by atoms with Crippen LogP contribution in [0.3, 0.4) is 0 Å². The van der Waals surface area contributed by atoms with E-state index < -0.39 is 0 Å². The second-order valence-electron chi connectivity index (χ2n) is 7.78. The van der Waals surface area contributed by atoms with Crippen molar-refractivity contribution in [2.24, 2.45) is 5.92 Å². The molecule has 0 bridgehead atoms. The van der Waals surface area contributed by atoms with Gasteiger partial charge in [0, 0.05) is 37.5 Å². The van der Waals surface area contributed by atoms with E-state index in [2.05, 4.69) is 5.10 Å². The lowest BCUT2D eigenvalue weighted by Crippen LogP contribution is -2.52. The molecule has 0 atom stereocenters. The molecule has 7 heteroatoms. The molecule has 2 fully saturated rings. The molecule has 2 aliphatic rings. The number of benzene rings is 1. The molecule has 1 aromatic heterocycles. The number of rotatable bonds is 3. The molecule has 0 spiro atoms. The maximum Gasteiger partial charge on any atom is 0.275 e. The predicted molar refractivity (Wildman–Crippen MR) is 106 cm³/mol. The maximum atomic E-state index is 12.7. The van der Waals surface area contributed by atoms with Crippen LogP contribution in [0.1, 0.15) is 31.4 Å². The second kappa shape index (κ2) is 7.73. The zero-order chi connectivity index (χ0) is 19.7. The molecule has 1 aromatic carbocycles. The molecule has 0 N–H and O–H groups in total. The van der Waals surface area contributed by atoms with Crippen LogP contribution >= 0.6 is 0 Å². The minimum absolute atomic E-state index is 0.0684. The van der Waals surface area contributed by atoms with Crippen molar-refractivity contribution in [2.45, 2.75) is 39.2 Å². The number of carbonyl (C=O) groups is 2. The number of hydrogen-bond donors (Lipinski definition) is 0. The Bertz CT molecular complexity index is 954. The Kier molecular flexibility index (Phi) is 5.15. The van der Waals surface area contributed by atoms with Gasteiger partial charge in [0.05, 0.1) is 11.1 Å². The molecule has 7 nitrogen and oxygen atoms in total. The van der Waals surface area contributed by atoms with Crippen molar-refractivity contribution in [2.75, 3.05) is 26.2 Å². The van der Waals surface area contributed by atoms with Gasteiger partial charge in [-0.1, -0.05) is 31.0 Å². The van der Waals surface area contributed by atoms with E-state index in [0.29, 0.717) is 31.6 Å². The Morgan fingerprint density at radius 2 is 1.61 bits per heavy atom. The van der Waals surface area contributed by atoms with E-state index >= 15 is 0 Å². The summed E-state index contributed by atoms with van der Waals surface area (Å²) in [4.78, 5) is 41.6. The minimum atomic E-state index is -0.246. The Hall–Kier alpha value is -2.70. The van der Waals surface area contributed by atoms with Crippen LogP contribution in [0.25, 0.3) is 10.8 Å². The first kappa shape index (κ1) is 18.7. The number of aryl methyl sites for hydroxylation is 1. The lowest BCUT2D eigenvalue weighted by molar-refractivity contribution is -0.142. The van der Waals surface area contributed by atoms with Crippen LogP contribution < -0.4 is 5.56 Å². The van der Waals surface area contributed by atoms with E-state index in [-0.39, 0.29) is 29.8 Å². The fourth-order valence-corrected chi connectivity index (χ4v) is 4.35. The second-order valence-corrected chi connectivity index (χ2v) is 7.78. The van der Waals surface area contributed by atoms with Gasteiger partial charge in [-0.05, 0) is 25.8 Å². The van der Waals surface area contributed by atoms with Crippen LogP contribution in [0.4, 0.5) is 0 Å². The van der Waals surface area contributed by atoms with Gasteiger partial charge in [0.1, 0.15) is 6.54 Å². The highest BCUT2D eigenvalue weighted by Gasteiger charge is 2.30. The summed E-state index contributed by atoms with van der Waals surface area (Å²) in [6.45, 7) is 3.94. The van der Waals surface area contributed by atoms with E-state index in [1.807, 2.05) is 30.0 Å². The first-order valence-electron chi connectivity index (χ1n) is 10.1. The van der Waals surface area contributed by atoms with Gasteiger partial charge in [0.2, 0.25) is 11.8 Å². The number of amides is 2. The highest BCUT2D eigenvalue weighted by atomic mass is 16.2. The summed E-state index contributed by atoms with van der Waals surface area (Å²) < 4.78 is 1.26. The Morgan fingerprint density at radius 1 is 1.00 bits per heavy atom. The minimum Gasteiger partial charge on any atom is -0.339 e. The summed E-state index contributed by atoms with van der Waals surface area (Å²) in [5.74, 6) is 0.287. The van der Waals surface area contributed by atoms with Crippen LogP contribution in [0.5, 0.6) is 0 Å². The monoisotopic (exact) mass is 382 g/mol. The smallest absolute Gasteiger partial charge is 0.275 e. The molecule has 1 saturated heterocycles. The number of nitrogens with zero attached hydrogens (tertiary/aromatic N) is 4. The first-order chi connectivity index (χ1) is 13.5. The third-order valence-electron chi connectivity index (χ3n) is 5.99. The van der Waals surface area contributed by atoms with Gasteiger partial charge in [-0.15, -0.1) is 0 Å². The van der Waals surface area contributed by atoms with E-state index in [4.69, 9.17) is 0 Å². The van der Waals surface area contributed by atoms with Crippen molar-refractivity contribution in [3.63, 3.8) is 0 Å². The quantitative estimate of drug-likeness (QED) is 0.807. The van der Waals surface area contributed by atoms with Crippen molar-refractivity contribution < 1.29 is 9.59 Å². The molecule has 2 amide bonds. The summed E-state index contributed by atoms with van der Waals surface area (Å²) in [5.41, 5.74) is 0.486. The Morgan fingerprint density at radius 3 is 2.29 bits per heavy atom. The zero-order valence-electron chi connectivity index (χ0n) is 16.3. The lowest BCUT2D eigenvalue weighted by atomic mass is 10.1. The van der Waals surface area contributed by atoms with E-state index in [1.165, 1.54) is 4.68 Å². The van der Waals surface area contributed by atoms with Crippen molar-refractivity contribution in [3.05, 3.63) is 40.3 Å². The lowest BCUT2D eigenvalue weighted by Gasteiger charge is -2.36.